The fourth-order valence-electron chi connectivity index (χ4n) is 2.19. The molecule has 94 valence electrons. The van der Waals surface area contributed by atoms with Crippen molar-refractivity contribution in [3.8, 4) is 17.0 Å². The van der Waals surface area contributed by atoms with Crippen LogP contribution < -0.4 is 0 Å². The van der Waals surface area contributed by atoms with E-state index in [1.54, 1.807) is 18.2 Å². The Labute approximate surface area is 116 Å². The molecular formula is C16H12ClNO. The topological polar surface area (TPSA) is 33.1 Å². The number of halogens is 1. The lowest BCUT2D eigenvalue weighted by Gasteiger charge is -2.10. The number of fused-ring (bicyclic) bond motifs is 1. The van der Waals surface area contributed by atoms with Crippen LogP contribution >= 0.6 is 11.6 Å². The molecule has 2 nitrogen and oxygen atoms in total. The Hall–Kier alpha value is -2.06. The summed E-state index contributed by atoms with van der Waals surface area (Å²) in [6.45, 7) is 1.87. The number of rotatable bonds is 1. The van der Waals surface area contributed by atoms with Gasteiger partial charge in [-0.15, -0.1) is 0 Å². The summed E-state index contributed by atoms with van der Waals surface area (Å²) in [5.41, 5.74) is 3.25. The Morgan fingerprint density at radius 1 is 1.05 bits per heavy atom. The Morgan fingerprint density at radius 3 is 2.53 bits per heavy atom. The molecule has 19 heavy (non-hydrogen) atoms. The van der Waals surface area contributed by atoms with Gasteiger partial charge in [0.15, 0.2) is 0 Å². The van der Waals surface area contributed by atoms with Crippen LogP contribution in [0.2, 0.25) is 5.02 Å². The quantitative estimate of drug-likeness (QED) is 0.702. The van der Waals surface area contributed by atoms with Crippen molar-refractivity contribution in [3.05, 3.63) is 59.1 Å². The molecule has 3 aromatic rings. The van der Waals surface area contributed by atoms with Crippen LogP contribution in [0.3, 0.4) is 0 Å². The van der Waals surface area contributed by atoms with Crippen LogP contribution in [0.15, 0.2) is 48.5 Å². The first-order valence-corrected chi connectivity index (χ1v) is 6.39. The van der Waals surface area contributed by atoms with Crippen LogP contribution in [-0.2, 0) is 0 Å². The van der Waals surface area contributed by atoms with Gasteiger partial charge in [-0.3, -0.25) is 0 Å². The van der Waals surface area contributed by atoms with E-state index in [4.69, 9.17) is 11.6 Å². The van der Waals surface area contributed by atoms with E-state index in [9.17, 15) is 5.11 Å². The number of nitrogens with zero attached hydrogens (tertiary/aromatic N) is 1. The number of aromatic nitrogens is 1. The lowest BCUT2D eigenvalue weighted by atomic mass is 10.0. The van der Waals surface area contributed by atoms with Gasteiger partial charge in [-0.2, -0.15) is 0 Å². The Bertz CT molecular complexity index is 754. The zero-order chi connectivity index (χ0) is 13.4. The van der Waals surface area contributed by atoms with Crippen LogP contribution in [-0.4, -0.2) is 10.1 Å². The van der Waals surface area contributed by atoms with Gasteiger partial charge in [0.2, 0.25) is 0 Å². The van der Waals surface area contributed by atoms with Crippen molar-refractivity contribution in [3.63, 3.8) is 0 Å². The lowest BCUT2D eigenvalue weighted by molar-refractivity contribution is 0.477. The predicted molar refractivity (Wildman–Crippen MR) is 78.6 cm³/mol. The summed E-state index contributed by atoms with van der Waals surface area (Å²) < 4.78 is 0. The van der Waals surface area contributed by atoms with E-state index in [1.807, 2.05) is 37.3 Å². The smallest absolute Gasteiger partial charge is 0.130 e. The predicted octanol–water partition coefficient (Wildman–Crippen LogP) is 4.57. The Kier molecular flexibility index (Phi) is 2.88. The van der Waals surface area contributed by atoms with Crippen molar-refractivity contribution >= 4 is 22.5 Å². The molecule has 0 atom stereocenters. The summed E-state index contributed by atoms with van der Waals surface area (Å²) in [6, 6.07) is 15.1. The molecule has 0 bridgehead atoms. The highest BCUT2D eigenvalue weighted by atomic mass is 35.5. The molecule has 2 aromatic carbocycles. The molecule has 0 aliphatic carbocycles. The second-order valence-electron chi connectivity index (χ2n) is 4.46. The standard InChI is InChI=1S/C16H12ClNO/c1-10-15(11-5-3-2-4-6-11)18-14-9-12(17)7-8-13(14)16(10)19/h2-9H,1H3,(H,18,19). The molecular weight excluding hydrogens is 258 g/mol. The molecule has 0 spiro atoms. The molecule has 0 amide bonds. The van der Waals surface area contributed by atoms with Crippen molar-refractivity contribution in [2.75, 3.05) is 0 Å². The van der Waals surface area contributed by atoms with Crippen LogP contribution in [0.5, 0.6) is 5.75 Å². The molecule has 0 aliphatic rings. The van der Waals surface area contributed by atoms with Gasteiger partial charge in [0.1, 0.15) is 5.75 Å². The van der Waals surface area contributed by atoms with Crippen molar-refractivity contribution in [2.45, 2.75) is 6.92 Å². The zero-order valence-electron chi connectivity index (χ0n) is 10.4. The molecule has 3 heteroatoms. The minimum absolute atomic E-state index is 0.264. The van der Waals surface area contributed by atoms with E-state index < -0.39 is 0 Å². The Morgan fingerprint density at radius 2 is 1.79 bits per heavy atom. The third-order valence-electron chi connectivity index (χ3n) is 3.20. The number of hydrogen-bond donors (Lipinski definition) is 1. The maximum absolute atomic E-state index is 10.3. The molecule has 0 saturated carbocycles. The fourth-order valence-corrected chi connectivity index (χ4v) is 2.36. The van der Waals surface area contributed by atoms with Gasteiger partial charge in [0, 0.05) is 21.5 Å². The molecule has 1 N–H and O–H groups in total. The molecule has 0 radical (unpaired) electrons. The van der Waals surface area contributed by atoms with Gasteiger partial charge in [0.25, 0.3) is 0 Å². The number of pyridine rings is 1. The van der Waals surface area contributed by atoms with E-state index in [0.717, 1.165) is 22.2 Å². The molecule has 1 aromatic heterocycles. The van der Waals surface area contributed by atoms with Crippen LogP contribution in [0, 0.1) is 6.92 Å². The largest absolute Gasteiger partial charge is 0.507 e. The molecule has 0 unspecified atom stereocenters. The van der Waals surface area contributed by atoms with Crippen molar-refractivity contribution < 1.29 is 5.11 Å². The van der Waals surface area contributed by atoms with E-state index >= 15 is 0 Å². The maximum atomic E-state index is 10.3. The molecule has 0 fully saturated rings. The normalized spacial score (nSPS) is 10.8. The van der Waals surface area contributed by atoms with Gasteiger partial charge in [-0.1, -0.05) is 41.9 Å². The zero-order valence-corrected chi connectivity index (χ0v) is 11.1. The van der Waals surface area contributed by atoms with E-state index in [2.05, 4.69) is 4.98 Å². The second-order valence-corrected chi connectivity index (χ2v) is 4.90. The summed E-state index contributed by atoms with van der Waals surface area (Å²) in [6.07, 6.45) is 0. The highest BCUT2D eigenvalue weighted by Gasteiger charge is 2.12. The molecule has 1 heterocycles. The van der Waals surface area contributed by atoms with Crippen molar-refractivity contribution in [2.24, 2.45) is 0 Å². The second kappa shape index (κ2) is 4.56. The highest BCUT2D eigenvalue weighted by molar-refractivity contribution is 6.31. The average molecular weight is 270 g/mol. The van der Waals surface area contributed by atoms with Crippen LogP contribution in [0.4, 0.5) is 0 Å². The minimum atomic E-state index is 0.264. The number of benzene rings is 2. The summed E-state index contributed by atoms with van der Waals surface area (Å²) in [7, 11) is 0. The first-order chi connectivity index (χ1) is 9.16. The van der Waals surface area contributed by atoms with Gasteiger partial charge in [0.05, 0.1) is 11.2 Å². The summed E-state index contributed by atoms with van der Waals surface area (Å²) in [5.74, 6) is 0.264. The highest BCUT2D eigenvalue weighted by Crippen LogP contribution is 2.34. The summed E-state index contributed by atoms with van der Waals surface area (Å²) in [4.78, 5) is 4.62. The van der Waals surface area contributed by atoms with Gasteiger partial charge < -0.3 is 5.11 Å². The first-order valence-electron chi connectivity index (χ1n) is 6.01. The first kappa shape index (κ1) is 12.0. The van der Waals surface area contributed by atoms with E-state index in [-0.39, 0.29) is 5.75 Å². The van der Waals surface area contributed by atoms with Crippen LogP contribution in [0.25, 0.3) is 22.2 Å². The van der Waals surface area contributed by atoms with Crippen molar-refractivity contribution in [1.29, 1.82) is 0 Å². The third kappa shape index (κ3) is 2.04. The van der Waals surface area contributed by atoms with Crippen LogP contribution in [0.1, 0.15) is 5.56 Å². The number of aromatic hydroxyl groups is 1. The summed E-state index contributed by atoms with van der Waals surface area (Å²) in [5, 5.41) is 11.6. The maximum Gasteiger partial charge on any atom is 0.130 e. The van der Waals surface area contributed by atoms with Crippen molar-refractivity contribution in [1.82, 2.24) is 4.98 Å². The number of hydrogen-bond acceptors (Lipinski definition) is 2. The van der Waals surface area contributed by atoms with E-state index in [1.165, 1.54) is 0 Å². The lowest BCUT2D eigenvalue weighted by Crippen LogP contribution is -1.91. The fraction of sp³-hybridized carbons (Fsp3) is 0.0625. The van der Waals surface area contributed by atoms with Gasteiger partial charge in [-0.05, 0) is 25.1 Å². The third-order valence-corrected chi connectivity index (χ3v) is 3.44. The monoisotopic (exact) mass is 269 g/mol. The minimum Gasteiger partial charge on any atom is -0.507 e. The average Bonchev–Trinajstić information content (AvgIpc) is 2.43. The van der Waals surface area contributed by atoms with E-state index in [0.29, 0.717) is 10.5 Å². The van der Waals surface area contributed by atoms with Gasteiger partial charge in [-0.25, -0.2) is 4.98 Å². The van der Waals surface area contributed by atoms with Gasteiger partial charge >= 0.3 is 0 Å². The SMILES string of the molecule is Cc1c(-c2ccccc2)nc2cc(Cl)ccc2c1O. The molecule has 0 saturated heterocycles. The Balaban J connectivity index is 2.35. The molecule has 3 rings (SSSR count). The molecule has 0 aliphatic heterocycles. The summed E-state index contributed by atoms with van der Waals surface area (Å²) >= 11 is 5.99.